The molecule has 0 radical (unpaired) electrons. The van der Waals surface area contributed by atoms with E-state index in [4.69, 9.17) is 4.74 Å². The third-order valence-corrected chi connectivity index (χ3v) is 8.72. The van der Waals surface area contributed by atoms with Gasteiger partial charge in [0.1, 0.15) is 13.1 Å². The zero-order chi connectivity index (χ0) is 24.3. The minimum Gasteiger partial charge on any atom is -0.455 e. The van der Waals surface area contributed by atoms with Crippen molar-refractivity contribution in [1.29, 1.82) is 0 Å². The highest BCUT2D eigenvalue weighted by Crippen LogP contribution is 2.42. The average molecular weight is 477 g/mol. The monoisotopic (exact) mass is 476 g/mol. The zero-order valence-electron chi connectivity index (χ0n) is 21.0. The quantitative estimate of drug-likeness (QED) is 0.338. The van der Waals surface area contributed by atoms with E-state index < -0.39 is 5.41 Å². The van der Waals surface area contributed by atoms with E-state index >= 15 is 0 Å². The summed E-state index contributed by atoms with van der Waals surface area (Å²) in [6, 6.07) is 14.1. The topological polar surface area (TPSA) is 69.2 Å². The van der Waals surface area contributed by atoms with Crippen molar-refractivity contribution in [3.8, 4) is 0 Å². The van der Waals surface area contributed by atoms with Crippen LogP contribution in [0.5, 0.6) is 0 Å². The number of esters is 1. The largest absolute Gasteiger partial charge is 0.455 e. The van der Waals surface area contributed by atoms with Crippen LogP contribution in [0.25, 0.3) is 0 Å². The summed E-state index contributed by atoms with van der Waals surface area (Å²) in [5.41, 5.74) is 2.15. The van der Waals surface area contributed by atoms with Crippen LogP contribution in [0, 0.1) is 12.8 Å². The number of quaternary nitrogens is 1. The van der Waals surface area contributed by atoms with Crippen LogP contribution in [0.3, 0.4) is 0 Å². The van der Waals surface area contributed by atoms with Gasteiger partial charge in [0.2, 0.25) is 0 Å². The second-order valence-electron chi connectivity index (χ2n) is 11.2. The number of aromatic nitrogens is 2. The third kappa shape index (κ3) is 5.18. The maximum atomic E-state index is 13.9. The molecule has 1 aromatic carbocycles. The molecule has 35 heavy (non-hydrogen) atoms. The van der Waals surface area contributed by atoms with Crippen molar-refractivity contribution in [2.75, 3.05) is 26.2 Å². The van der Waals surface area contributed by atoms with Crippen molar-refractivity contribution < 1.29 is 18.8 Å². The van der Waals surface area contributed by atoms with Crippen LogP contribution >= 0.6 is 0 Å². The number of fused-ring (bicyclic) bond motifs is 3. The molecule has 4 heterocycles. The smallest absolute Gasteiger partial charge is 0.317 e. The lowest BCUT2D eigenvalue weighted by molar-refractivity contribution is -0.939. The van der Waals surface area contributed by atoms with E-state index in [1.165, 1.54) is 12.8 Å². The van der Waals surface area contributed by atoms with Crippen molar-refractivity contribution in [2.24, 2.45) is 5.92 Å². The average Bonchev–Trinajstić information content (AvgIpc) is 3.14. The van der Waals surface area contributed by atoms with E-state index in [-0.39, 0.29) is 17.9 Å². The van der Waals surface area contributed by atoms with Gasteiger partial charge in [0.25, 0.3) is 0 Å². The van der Waals surface area contributed by atoms with Crippen LogP contribution in [0.15, 0.2) is 42.5 Å². The second-order valence-corrected chi connectivity index (χ2v) is 11.2. The molecular weight excluding hydrogens is 438 g/mol. The van der Waals surface area contributed by atoms with Crippen molar-refractivity contribution in [2.45, 2.75) is 76.2 Å². The van der Waals surface area contributed by atoms with E-state index in [0.717, 1.165) is 79.6 Å². The Morgan fingerprint density at radius 1 is 0.971 bits per heavy atom. The molecule has 6 rings (SSSR count). The number of rotatable bonds is 7. The minimum absolute atomic E-state index is 0.0382. The predicted molar refractivity (Wildman–Crippen MR) is 134 cm³/mol. The summed E-state index contributed by atoms with van der Waals surface area (Å²) in [5, 5.41) is 8.26. The summed E-state index contributed by atoms with van der Waals surface area (Å²) in [6.45, 7) is 5.13. The first-order valence-electron chi connectivity index (χ1n) is 13.4. The van der Waals surface area contributed by atoms with Gasteiger partial charge < -0.3 is 9.22 Å². The van der Waals surface area contributed by atoms with Crippen molar-refractivity contribution >= 4 is 11.8 Å². The molecule has 6 nitrogen and oxygen atoms in total. The number of ether oxygens (including phenoxy) is 1. The summed E-state index contributed by atoms with van der Waals surface area (Å²) in [4.78, 5) is 26.9. The molecule has 1 saturated carbocycles. The molecule has 3 aliphatic heterocycles. The van der Waals surface area contributed by atoms with E-state index in [1.807, 2.05) is 37.3 Å². The number of hydrogen-bond acceptors (Lipinski definition) is 5. The molecule has 6 heteroatoms. The summed E-state index contributed by atoms with van der Waals surface area (Å²) < 4.78 is 7.17. The van der Waals surface area contributed by atoms with E-state index in [0.29, 0.717) is 18.9 Å². The van der Waals surface area contributed by atoms with Gasteiger partial charge in [-0.25, -0.2) is 0 Å². The van der Waals surface area contributed by atoms with Crippen molar-refractivity contribution in [3.63, 3.8) is 0 Å². The van der Waals surface area contributed by atoms with Gasteiger partial charge in [0, 0.05) is 18.8 Å². The molecule has 0 N–H and O–H groups in total. The van der Waals surface area contributed by atoms with Crippen LogP contribution in [-0.2, 0) is 26.2 Å². The highest BCUT2D eigenvalue weighted by Gasteiger charge is 2.50. The summed E-state index contributed by atoms with van der Waals surface area (Å²) in [6.07, 6.45) is 8.49. The maximum Gasteiger partial charge on any atom is 0.317 e. The Balaban J connectivity index is 1.29. The van der Waals surface area contributed by atoms with Crippen molar-refractivity contribution in [3.05, 3.63) is 59.4 Å². The lowest BCUT2D eigenvalue weighted by atomic mass is 9.74. The third-order valence-electron chi connectivity index (χ3n) is 8.72. The number of aryl methyl sites for hydroxylation is 1. The maximum absolute atomic E-state index is 13.9. The zero-order valence-corrected chi connectivity index (χ0v) is 21.0. The highest BCUT2D eigenvalue weighted by atomic mass is 16.5. The Labute approximate surface area is 208 Å². The molecule has 1 aromatic heterocycles. The van der Waals surface area contributed by atoms with Gasteiger partial charge in [-0.15, -0.1) is 0 Å². The van der Waals surface area contributed by atoms with E-state index in [1.54, 1.807) is 0 Å². The second kappa shape index (κ2) is 10.2. The van der Waals surface area contributed by atoms with Gasteiger partial charge in [0.05, 0.1) is 36.3 Å². The molecule has 1 aliphatic carbocycles. The highest BCUT2D eigenvalue weighted by molar-refractivity contribution is 5.83. The fraction of sp³-hybridized carbons (Fsp3) is 0.586. The molecule has 0 amide bonds. The molecule has 2 bridgehead atoms. The predicted octanol–water partition coefficient (Wildman–Crippen LogP) is 4.34. The van der Waals surface area contributed by atoms with Gasteiger partial charge in [-0.3, -0.25) is 9.59 Å². The lowest BCUT2D eigenvalue weighted by Gasteiger charge is -2.52. The van der Waals surface area contributed by atoms with Gasteiger partial charge in [-0.1, -0.05) is 56.0 Å². The van der Waals surface area contributed by atoms with Crippen LogP contribution in [0.1, 0.15) is 68.3 Å². The number of benzene rings is 1. The molecule has 0 spiro atoms. The molecular formula is C29H38N3O3+. The lowest BCUT2D eigenvalue weighted by Crippen LogP contribution is -2.66. The van der Waals surface area contributed by atoms with Crippen LogP contribution < -0.4 is 0 Å². The van der Waals surface area contributed by atoms with Gasteiger partial charge in [0.15, 0.2) is 11.9 Å². The normalized spacial score (nSPS) is 27.7. The number of nitrogens with zero attached hydrogens (tertiary/aromatic N) is 3. The first-order valence-corrected chi connectivity index (χ1v) is 13.4. The Bertz CT molecular complexity index is 1020. The SMILES string of the molecule is Cc1ccc(CC(=O)C[N+]23CCC(CC2)[C@@H](OC(=O)C2(c4ccccc4)CCCCCC2)C3)nn1. The van der Waals surface area contributed by atoms with Crippen molar-refractivity contribution in [1.82, 2.24) is 10.2 Å². The first-order chi connectivity index (χ1) is 17.0. The standard InChI is InChI=1S/C29H38N3O3/c1-22-11-12-25(31-30-22)19-26(33)20-32-17-13-23(14-18-32)27(21-32)35-28(34)29(15-7-2-3-8-16-29)24-9-5-4-6-10-24/h4-6,9-12,23,27H,2-3,7-8,13-21H2,1H3/q+1/t23?,27-,32?/m0/s1. The molecule has 1 atom stereocenters. The first kappa shape index (κ1) is 24.1. The van der Waals surface area contributed by atoms with E-state index in [2.05, 4.69) is 22.3 Å². The number of carbonyl (C=O) groups is 2. The Morgan fingerprint density at radius 3 is 2.34 bits per heavy atom. The summed E-state index contributed by atoms with van der Waals surface area (Å²) in [7, 11) is 0. The number of ketones is 1. The number of Topliss-reactive ketones (excluding diaryl/α,β-unsaturated/α-hetero) is 1. The van der Waals surface area contributed by atoms with Crippen LogP contribution in [-0.4, -0.2) is 58.7 Å². The van der Waals surface area contributed by atoms with Crippen LogP contribution in [0.2, 0.25) is 0 Å². The fourth-order valence-electron chi connectivity index (χ4n) is 6.68. The number of piperidine rings is 3. The molecule has 4 aliphatic rings. The molecule has 4 fully saturated rings. The Morgan fingerprint density at radius 2 is 1.69 bits per heavy atom. The molecule has 186 valence electrons. The Kier molecular flexibility index (Phi) is 7.01. The molecule has 0 unspecified atom stereocenters. The van der Waals surface area contributed by atoms with Gasteiger partial charge >= 0.3 is 5.97 Å². The fourth-order valence-corrected chi connectivity index (χ4v) is 6.68. The molecule has 3 saturated heterocycles. The van der Waals surface area contributed by atoms with Crippen LogP contribution in [0.4, 0.5) is 0 Å². The van der Waals surface area contributed by atoms with Gasteiger partial charge in [-0.05, 0) is 37.5 Å². The number of carbonyl (C=O) groups excluding carboxylic acids is 2. The minimum atomic E-state index is -0.533. The summed E-state index contributed by atoms with van der Waals surface area (Å²) in [5.74, 6) is 0.567. The summed E-state index contributed by atoms with van der Waals surface area (Å²) >= 11 is 0. The molecule has 2 aromatic rings. The Hall–Kier alpha value is -2.60. The number of hydrogen-bond donors (Lipinski definition) is 0. The van der Waals surface area contributed by atoms with E-state index in [9.17, 15) is 9.59 Å². The van der Waals surface area contributed by atoms with Gasteiger partial charge in [-0.2, -0.15) is 10.2 Å².